The molecule has 1 aliphatic heterocycles. The van der Waals surface area contributed by atoms with Crippen LogP contribution in [0.5, 0.6) is 0 Å². The van der Waals surface area contributed by atoms with E-state index in [2.05, 4.69) is 68.6 Å². The summed E-state index contributed by atoms with van der Waals surface area (Å²) in [5, 5.41) is 18.9. The van der Waals surface area contributed by atoms with Gasteiger partial charge in [0.25, 0.3) is 0 Å². The number of rotatable bonds is 6. The third kappa shape index (κ3) is 5.58. The fraction of sp³-hybridized carbons (Fsp3) is 0.303. The summed E-state index contributed by atoms with van der Waals surface area (Å²) in [6.07, 6.45) is 7.58. The van der Waals surface area contributed by atoms with Crippen molar-refractivity contribution in [1.82, 2.24) is 39.6 Å². The Morgan fingerprint density at radius 2 is 1.84 bits per heavy atom. The van der Waals surface area contributed by atoms with Crippen molar-refractivity contribution in [1.29, 1.82) is 0 Å². The number of aromatic nitrogens is 7. The van der Waals surface area contributed by atoms with E-state index in [9.17, 15) is 4.39 Å². The Kier molecular flexibility index (Phi) is 6.85. The zero-order valence-corrected chi connectivity index (χ0v) is 24.6. The van der Waals surface area contributed by atoms with E-state index >= 15 is 0 Å². The van der Waals surface area contributed by atoms with Gasteiger partial charge in [-0.05, 0) is 81.6 Å². The Labute approximate surface area is 249 Å². The molecule has 0 spiro atoms. The van der Waals surface area contributed by atoms with Crippen LogP contribution < -0.4 is 5.32 Å². The fourth-order valence-electron chi connectivity index (χ4n) is 5.94. The molecule has 0 bridgehead atoms. The lowest BCUT2D eigenvalue weighted by Crippen LogP contribution is -2.46. The Balaban J connectivity index is 1.11. The molecule has 0 amide bonds. The lowest BCUT2D eigenvalue weighted by atomic mass is 9.98. The van der Waals surface area contributed by atoms with Gasteiger partial charge in [-0.15, -0.1) is 5.10 Å². The predicted molar refractivity (Wildman–Crippen MR) is 167 cm³/mol. The van der Waals surface area contributed by atoms with Crippen molar-refractivity contribution in [3.63, 3.8) is 0 Å². The molecule has 218 valence electrons. The summed E-state index contributed by atoms with van der Waals surface area (Å²) in [6.45, 7) is 9.44. The van der Waals surface area contributed by atoms with Crippen LogP contribution in [0.4, 0.5) is 15.9 Å². The molecule has 1 fully saturated rings. The van der Waals surface area contributed by atoms with E-state index in [1.165, 1.54) is 12.1 Å². The summed E-state index contributed by atoms with van der Waals surface area (Å²) in [7, 11) is 0. The van der Waals surface area contributed by atoms with Crippen LogP contribution in [0.3, 0.4) is 0 Å². The van der Waals surface area contributed by atoms with Gasteiger partial charge in [-0.1, -0.05) is 23.4 Å². The lowest BCUT2D eigenvalue weighted by molar-refractivity contribution is 0.0866. The molecule has 43 heavy (non-hydrogen) atoms. The number of piperidine rings is 1. The molecule has 3 aromatic heterocycles. The van der Waals surface area contributed by atoms with Gasteiger partial charge in [0.05, 0.1) is 36.0 Å². The molecule has 0 radical (unpaired) electrons. The highest BCUT2D eigenvalue weighted by molar-refractivity contribution is 5.94. The molecular weight excluding hydrogens is 541 g/mol. The molecule has 10 heteroatoms. The van der Waals surface area contributed by atoms with Crippen molar-refractivity contribution in [2.75, 3.05) is 18.4 Å². The summed E-state index contributed by atoms with van der Waals surface area (Å²) in [5.74, 6) is 0.461. The fourth-order valence-corrected chi connectivity index (χ4v) is 5.94. The molecule has 4 heterocycles. The quantitative estimate of drug-likeness (QED) is 0.239. The Hall–Kier alpha value is -4.70. The number of nitrogens with zero attached hydrogens (tertiary/aromatic N) is 8. The predicted octanol–water partition coefficient (Wildman–Crippen LogP) is 6.60. The van der Waals surface area contributed by atoms with Gasteiger partial charge in [0.15, 0.2) is 0 Å². The molecule has 0 unspecified atom stereocenters. The molecule has 0 atom stereocenters. The van der Waals surface area contributed by atoms with Gasteiger partial charge < -0.3 is 5.32 Å². The number of likely N-dealkylation sites (tertiary alicyclic amines) is 1. The SMILES string of the molecule is CC(C)(C)N1CCC(n2cc(-c3ccc4ncnc(Nc5ccc6c(cnn6Cc6cccc(F)c6)c5)c4c3)nn2)CC1. The highest BCUT2D eigenvalue weighted by atomic mass is 19.1. The van der Waals surface area contributed by atoms with E-state index in [0.29, 0.717) is 18.4 Å². The third-order valence-electron chi connectivity index (χ3n) is 8.35. The van der Waals surface area contributed by atoms with Crippen molar-refractivity contribution in [3.8, 4) is 11.3 Å². The minimum atomic E-state index is -0.248. The topological polar surface area (TPSA) is 89.6 Å². The molecule has 0 aliphatic carbocycles. The average Bonchev–Trinajstić information content (AvgIpc) is 3.65. The standard InChI is InChI=1S/C33H34FN9/c1-33(2,3)41-13-11-27(12-14-41)42-20-30(39-40-42)23-7-9-29-28(17-23)32(36-21-35-29)38-26-8-10-31-24(16-26)18-37-43(31)19-22-5-4-6-25(34)15-22/h4-10,15-18,20-21,27H,11-14,19H2,1-3H3,(H,35,36,38). The zero-order valence-electron chi connectivity index (χ0n) is 24.6. The number of hydrogen-bond donors (Lipinski definition) is 1. The van der Waals surface area contributed by atoms with Crippen LogP contribution in [0.15, 0.2) is 79.4 Å². The van der Waals surface area contributed by atoms with Crippen LogP contribution in [0.1, 0.15) is 45.2 Å². The summed E-state index contributed by atoms with van der Waals surface area (Å²) >= 11 is 0. The van der Waals surface area contributed by atoms with Gasteiger partial charge in [-0.3, -0.25) is 9.58 Å². The average molecular weight is 576 g/mol. The maximum absolute atomic E-state index is 13.7. The zero-order chi connectivity index (χ0) is 29.6. The first-order valence-electron chi connectivity index (χ1n) is 14.7. The first-order chi connectivity index (χ1) is 20.8. The number of nitrogens with one attached hydrogen (secondary N) is 1. The molecule has 1 saturated heterocycles. The minimum absolute atomic E-state index is 0.190. The Bertz CT molecular complexity index is 1910. The number of fused-ring (bicyclic) bond motifs is 2. The van der Waals surface area contributed by atoms with E-state index in [1.807, 2.05) is 52.0 Å². The van der Waals surface area contributed by atoms with Crippen LogP contribution in [-0.2, 0) is 6.54 Å². The number of hydrogen-bond acceptors (Lipinski definition) is 7. The van der Waals surface area contributed by atoms with E-state index in [-0.39, 0.29) is 11.4 Å². The summed E-state index contributed by atoms with van der Waals surface area (Å²) < 4.78 is 17.6. The van der Waals surface area contributed by atoms with Gasteiger partial charge in [0.1, 0.15) is 23.7 Å². The van der Waals surface area contributed by atoms with E-state index in [0.717, 1.165) is 70.2 Å². The van der Waals surface area contributed by atoms with Gasteiger partial charge in [-0.2, -0.15) is 5.10 Å². The van der Waals surface area contributed by atoms with Gasteiger partial charge in [-0.25, -0.2) is 19.0 Å². The highest BCUT2D eigenvalue weighted by Gasteiger charge is 2.28. The molecule has 6 aromatic rings. The molecule has 1 aliphatic rings. The first-order valence-corrected chi connectivity index (χ1v) is 14.7. The minimum Gasteiger partial charge on any atom is -0.340 e. The van der Waals surface area contributed by atoms with Gasteiger partial charge in [0.2, 0.25) is 0 Å². The molecule has 0 saturated carbocycles. The van der Waals surface area contributed by atoms with E-state index in [1.54, 1.807) is 12.4 Å². The molecule has 3 aromatic carbocycles. The molecule has 7 rings (SSSR count). The number of benzene rings is 3. The second-order valence-corrected chi connectivity index (χ2v) is 12.3. The Morgan fingerprint density at radius 3 is 2.65 bits per heavy atom. The van der Waals surface area contributed by atoms with E-state index < -0.39 is 0 Å². The maximum Gasteiger partial charge on any atom is 0.141 e. The van der Waals surface area contributed by atoms with E-state index in [4.69, 9.17) is 0 Å². The second kappa shape index (κ2) is 10.9. The lowest BCUT2D eigenvalue weighted by Gasteiger charge is -2.40. The van der Waals surface area contributed by atoms with Crippen LogP contribution in [0, 0.1) is 5.82 Å². The van der Waals surface area contributed by atoms with Crippen LogP contribution in [-0.4, -0.2) is 58.3 Å². The summed E-state index contributed by atoms with van der Waals surface area (Å²) in [4.78, 5) is 11.6. The van der Waals surface area contributed by atoms with Crippen LogP contribution in [0.25, 0.3) is 33.1 Å². The third-order valence-corrected chi connectivity index (χ3v) is 8.35. The largest absolute Gasteiger partial charge is 0.340 e. The van der Waals surface area contributed by atoms with Crippen molar-refractivity contribution >= 4 is 33.3 Å². The van der Waals surface area contributed by atoms with Gasteiger partial charge >= 0.3 is 0 Å². The summed E-state index contributed by atoms with van der Waals surface area (Å²) in [6, 6.07) is 19.1. The molecular formula is C33H34FN9. The number of halogens is 1. The van der Waals surface area contributed by atoms with Crippen molar-refractivity contribution in [2.24, 2.45) is 0 Å². The monoisotopic (exact) mass is 575 g/mol. The molecule has 9 nitrogen and oxygen atoms in total. The van der Waals surface area contributed by atoms with Crippen LogP contribution in [0.2, 0.25) is 0 Å². The van der Waals surface area contributed by atoms with Gasteiger partial charge in [0, 0.05) is 40.7 Å². The Morgan fingerprint density at radius 1 is 0.977 bits per heavy atom. The maximum atomic E-state index is 13.7. The first kappa shape index (κ1) is 27.2. The normalized spacial score (nSPS) is 15.0. The summed E-state index contributed by atoms with van der Waals surface area (Å²) in [5.41, 5.74) is 5.55. The van der Waals surface area contributed by atoms with Crippen molar-refractivity contribution in [2.45, 2.75) is 51.7 Å². The van der Waals surface area contributed by atoms with Crippen LogP contribution >= 0.6 is 0 Å². The number of anilines is 2. The molecule has 1 N–H and O–H groups in total. The highest BCUT2D eigenvalue weighted by Crippen LogP contribution is 2.31. The van der Waals surface area contributed by atoms with Crippen molar-refractivity contribution in [3.05, 3.63) is 90.8 Å². The second-order valence-electron chi connectivity index (χ2n) is 12.3. The smallest absolute Gasteiger partial charge is 0.141 e. The van der Waals surface area contributed by atoms with Crippen molar-refractivity contribution < 1.29 is 4.39 Å².